The van der Waals surface area contributed by atoms with E-state index in [1.165, 1.54) is 4.90 Å². The highest BCUT2D eigenvalue weighted by Crippen LogP contribution is 2.60. The van der Waals surface area contributed by atoms with E-state index in [2.05, 4.69) is 31.9 Å². The molecule has 2 heterocycles. The topological polar surface area (TPSA) is 66.9 Å². The molecular formula is C16H20Br2N2O4. The summed E-state index contributed by atoms with van der Waals surface area (Å²) >= 11 is 7.35. The van der Waals surface area contributed by atoms with Gasteiger partial charge in [0.1, 0.15) is 6.04 Å². The second kappa shape index (κ2) is 6.06. The first-order valence-electron chi connectivity index (χ1n) is 8.45. The molecular weight excluding hydrogens is 444 g/mol. The largest absolute Gasteiger partial charge is 0.378 e. The van der Waals surface area contributed by atoms with Gasteiger partial charge in [-0.3, -0.25) is 19.3 Å². The third-order valence-corrected chi connectivity index (χ3v) is 9.30. The summed E-state index contributed by atoms with van der Waals surface area (Å²) in [5.41, 5.74) is 0. The second-order valence-corrected chi connectivity index (χ2v) is 9.28. The standard InChI is InChI=1S/C16H20Br2N2O4/c1-7(14(21)19-2-4-24-5-3-19)20-15(22)10-8-6-9(11(10)16(20)23)13(18)12(8)17/h7-13H,2-6H2,1H3/t7-,8-,9-,10-,11-,12-,13+/m0/s1. The molecule has 0 aromatic rings. The zero-order valence-electron chi connectivity index (χ0n) is 13.4. The Labute approximate surface area is 157 Å². The number of hydrogen-bond acceptors (Lipinski definition) is 4. The molecule has 4 fully saturated rings. The van der Waals surface area contributed by atoms with Crippen molar-refractivity contribution in [1.82, 2.24) is 9.80 Å². The van der Waals surface area contributed by atoms with Crippen LogP contribution in [-0.2, 0) is 19.1 Å². The van der Waals surface area contributed by atoms with E-state index in [-0.39, 0.29) is 51.0 Å². The Kier molecular flexibility index (Phi) is 4.28. The first-order chi connectivity index (χ1) is 11.4. The van der Waals surface area contributed by atoms with E-state index < -0.39 is 6.04 Å². The lowest BCUT2D eigenvalue weighted by atomic mass is 9.81. The van der Waals surface area contributed by atoms with Crippen molar-refractivity contribution in [3.8, 4) is 0 Å². The molecule has 24 heavy (non-hydrogen) atoms. The van der Waals surface area contributed by atoms with Gasteiger partial charge in [0.2, 0.25) is 17.7 Å². The van der Waals surface area contributed by atoms with Crippen LogP contribution in [0.25, 0.3) is 0 Å². The Morgan fingerprint density at radius 3 is 2.08 bits per heavy atom. The Balaban J connectivity index is 1.56. The van der Waals surface area contributed by atoms with Crippen LogP contribution in [0.15, 0.2) is 0 Å². The Bertz CT molecular complexity index is 563. The summed E-state index contributed by atoms with van der Waals surface area (Å²) in [4.78, 5) is 42.0. The summed E-state index contributed by atoms with van der Waals surface area (Å²) in [5, 5.41) is 0. The molecule has 0 unspecified atom stereocenters. The predicted octanol–water partition coefficient (Wildman–Crippen LogP) is 1.01. The number of likely N-dealkylation sites (tertiary alicyclic amines) is 1. The molecule has 2 saturated heterocycles. The molecule has 6 nitrogen and oxygen atoms in total. The SMILES string of the molecule is C[C@@H](C(=O)N1CCOCC1)N1C(=O)[C@H]2[C@@H]3C[C@H]([C@@H](Br)[C@H]3Br)[C@@H]2C1=O. The van der Waals surface area contributed by atoms with Crippen molar-refractivity contribution in [2.45, 2.75) is 29.0 Å². The number of ether oxygens (including phenoxy) is 1. The van der Waals surface area contributed by atoms with Gasteiger partial charge in [-0.25, -0.2) is 0 Å². The van der Waals surface area contributed by atoms with Crippen LogP contribution in [0.1, 0.15) is 13.3 Å². The number of carbonyl (C=O) groups is 3. The van der Waals surface area contributed by atoms with E-state index in [0.717, 1.165) is 6.42 Å². The molecule has 2 aliphatic heterocycles. The molecule has 4 rings (SSSR count). The molecule has 132 valence electrons. The maximum atomic E-state index is 12.9. The summed E-state index contributed by atoms with van der Waals surface area (Å²) in [6.45, 7) is 3.72. The second-order valence-electron chi connectivity index (χ2n) is 7.16. The highest BCUT2D eigenvalue weighted by molar-refractivity contribution is 9.12. The van der Waals surface area contributed by atoms with Crippen LogP contribution < -0.4 is 0 Å². The van der Waals surface area contributed by atoms with Crippen LogP contribution >= 0.6 is 31.9 Å². The quantitative estimate of drug-likeness (QED) is 0.452. The van der Waals surface area contributed by atoms with Gasteiger partial charge in [0.05, 0.1) is 25.0 Å². The minimum atomic E-state index is -0.726. The summed E-state index contributed by atoms with van der Waals surface area (Å²) < 4.78 is 5.27. The lowest BCUT2D eigenvalue weighted by Gasteiger charge is -2.32. The van der Waals surface area contributed by atoms with E-state index in [0.29, 0.717) is 26.3 Å². The number of fused-ring (bicyclic) bond motifs is 5. The molecule has 2 saturated carbocycles. The molecule has 8 heteroatoms. The van der Waals surface area contributed by atoms with Gasteiger partial charge in [-0.1, -0.05) is 31.9 Å². The van der Waals surface area contributed by atoms with Crippen molar-refractivity contribution in [3.63, 3.8) is 0 Å². The van der Waals surface area contributed by atoms with Gasteiger partial charge in [-0.05, 0) is 25.2 Å². The zero-order chi connectivity index (χ0) is 17.2. The fourth-order valence-electron chi connectivity index (χ4n) is 4.91. The number of rotatable bonds is 2. The minimum absolute atomic E-state index is 0.155. The lowest BCUT2D eigenvalue weighted by Crippen LogP contribution is -2.52. The molecule has 2 aliphatic carbocycles. The third kappa shape index (κ3) is 2.25. The van der Waals surface area contributed by atoms with E-state index in [4.69, 9.17) is 4.74 Å². The third-order valence-electron chi connectivity index (χ3n) is 6.09. The van der Waals surface area contributed by atoms with Gasteiger partial charge in [0.25, 0.3) is 0 Å². The van der Waals surface area contributed by atoms with Crippen LogP contribution in [-0.4, -0.2) is 69.5 Å². The highest BCUT2D eigenvalue weighted by Gasteiger charge is 2.67. The van der Waals surface area contributed by atoms with Crippen LogP contribution in [0.3, 0.4) is 0 Å². The molecule has 0 aromatic heterocycles. The van der Waals surface area contributed by atoms with E-state index >= 15 is 0 Å². The number of carbonyl (C=O) groups excluding carboxylic acids is 3. The summed E-state index contributed by atoms with van der Waals surface area (Å²) in [5.74, 6) is -0.640. The number of hydrogen-bond donors (Lipinski definition) is 0. The summed E-state index contributed by atoms with van der Waals surface area (Å²) in [6.07, 6.45) is 0.901. The summed E-state index contributed by atoms with van der Waals surface area (Å²) in [7, 11) is 0. The highest BCUT2D eigenvalue weighted by atomic mass is 79.9. The Morgan fingerprint density at radius 2 is 1.58 bits per heavy atom. The van der Waals surface area contributed by atoms with Gasteiger partial charge in [0.15, 0.2) is 0 Å². The number of imide groups is 1. The van der Waals surface area contributed by atoms with Crippen molar-refractivity contribution < 1.29 is 19.1 Å². The number of amides is 3. The monoisotopic (exact) mass is 462 g/mol. The average molecular weight is 464 g/mol. The van der Waals surface area contributed by atoms with Crippen molar-refractivity contribution in [2.75, 3.05) is 26.3 Å². The van der Waals surface area contributed by atoms with Gasteiger partial charge < -0.3 is 9.64 Å². The van der Waals surface area contributed by atoms with Gasteiger partial charge >= 0.3 is 0 Å². The predicted molar refractivity (Wildman–Crippen MR) is 92.7 cm³/mol. The fraction of sp³-hybridized carbons (Fsp3) is 0.812. The van der Waals surface area contributed by atoms with Crippen molar-refractivity contribution in [2.24, 2.45) is 23.7 Å². The lowest BCUT2D eigenvalue weighted by molar-refractivity contribution is -0.153. The fourth-order valence-corrected chi connectivity index (χ4v) is 6.79. The maximum absolute atomic E-state index is 12.9. The molecule has 0 N–H and O–H groups in total. The molecule has 0 radical (unpaired) electrons. The van der Waals surface area contributed by atoms with E-state index in [1.807, 2.05) is 0 Å². The first-order valence-corrected chi connectivity index (χ1v) is 10.3. The number of nitrogens with zero attached hydrogens (tertiary/aromatic N) is 2. The van der Waals surface area contributed by atoms with Crippen LogP contribution in [0.5, 0.6) is 0 Å². The molecule has 3 amide bonds. The number of alkyl halides is 2. The van der Waals surface area contributed by atoms with Crippen molar-refractivity contribution >= 4 is 49.6 Å². The molecule has 0 spiro atoms. The van der Waals surface area contributed by atoms with Gasteiger partial charge in [-0.15, -0.1) is 0 Å². The molecule has 7 atom stereocenters. The maximum Gasteiger partial charge on any atom is 0.245 e. The van der Waals surface area contributed by atoms with Crippen LogP contribution in [0, 0.1) is 23.7 Å². The molecule has 0 aromatic carbocycles. The van der Waals surface area contributed by atoms with E-state index in [1.54, 1.807) is 11.8 Å². The van der Waals surface area contributed by atoms with Crippen molar-refractivity contribution in [3.05, 3.63) is 0 Å². The summed E-state index contributed by atoms with van der Waals surface area (Å²) in [6, 6.07) is -0.726. The van der Waals surface area contributed by atoms with Crippen molar-refractivity contribution in [1.29, 1.82) is 0 Å². The molecule has 2 bridgehead atoms. The minimum Gasteiger partial charge on any atom is -0.378 e. The Hall–Kier alpha value is -0.470. The zero-order valence-corrected chi connectivity index (χ0v) is 16.5. The average Bonchev–Trinajstić information content (AvgIpc) is 3.19. The smallest absolute Gasteiger partial charge is 0.245 e. The van der Waals surface area contributed by atoms with Crippen LogP contribution in [0.4, 0.5) is 0 Å². The van der Waals surface area contributed by atoms with Gasteiger partial charge in [0, 0.05) is 22.7 Å². The number of morpholine rings is 1. The van der Waals surface area contributed by atoms with E-state index in [9.17, 15) is 14.4 Å². The number of halogens is 2. The molecule has 4 aliphatic rings. The van der Waals surface area contributed by atoms with Gasteiger partial charge in [-0.2, -0.15) is 0 Å². The van der Waals surface area contributed by atoms with Crippen LogP contribution in [0.2, 0.25) is 0 Å². The Morgan fingerprint density at radius 1 is 1.08 bits per heavy atom. The normalized spacial score (nSPS) is 42.6. The first kappa shape index (κ1) is 17.0.